The van der Waals surface area contributed by atoms with Gasteiger partial charge in [0.15, 0.2) is 0 Å². The van der Waals surface area contributed by atoms with Gasteiger partial charge in [0.05, 0.1) is 17.3 Å². The van der Waals surface area contributed by atoms with Gasteiger partial charge in [0, 0.05) is 19.0 Å². The summed E-state index contributed by atoms with van der Waals surface area (Å²) in [5, 5.41) is 5.70. The van der Waals surface area contributed by atoms with Crippen LogP contribution in [0.25, 0.3) is 0 Å². The fourth-order valence-corrected chi connectivity index (χ4v) is 4.20. The van der Waals surface area contributed by atoms with Crippen molar-refractivity contribution in [1.82, 2.24) is 15.6 Å². The third-order valence-corrected chi connectivity index (χ3v) is 6.10. The number of amides is 2. The molecule has 7 nitrogen and oxygen atoms in total. The number of halogens is 5. The number of hydrogen-bond donors (Lipinski definition) is 2. The molecule has 2 unspecified atom stereocenters. The lowest BCUT2D eigenvalue weighted by atomic mass is 9.80. The Morgan fingerprint density at radius 3 is 2.53 bits per heavy atom. The standard InChI is InChI=1S/C26H22ClF4N3O4/c27-18-9-10-21(32-15-18)25(14-16-5-2-1-3-6-16,34-24(36)33-20-11-12-37-22(20)35)17-7-4-8-19(13-17)38-26(30,31)23(28)29/h1-10,13,15,20,23H,11-12,14H2,(H2,33,34,36). The molecule has 3 aromatic rings. The van der Waals surface area contributed by atoms with Crippen molar-refractivity contribution >= 4 is 23.6 Å². The van der Waals surface area contributed by atoms with E-state index < -0.39 is 41.9 Å². The molecule has 0 aliphatic carbocycles. The number of nitrogens with zero attached hydrogens (tertiary/aromatic N) is 1. The zero-order chi connectivity index (χ0) is 27.3. The maximum atomic E-state index is 13.7. The summed E-state index contributed by atoms with van der Waals surface area (Å²) in [5.41, 5.74) is -0.373. The van der Waals surface area contributed by atoms with Gasteiger partial charge in [-0.1, -0.05) is 54.1 Å². The van der Waals surface area contributed by atoms with E-state index in [0.717, 1.165) is 12.1 Å². The highest BCUT2D eigenvalue weighted by molar-refractivity contribution is 6.30. The number of rotatable bonds is 9. The predicted octanol–water partition coefficient (Wildman–Crippen LogP) is 5.07. The van der Waals surface area contributed by atoms with Gasteiger partial charge in [-0.2, -0.15) is 17.6 Å². The Morgan fingerprint density at radius 1 is 1.13 bits per heavy atom. The van der Waals surface area contributed by atoms with Gasteiger partial charge in [0.25, 0.3) is 0 Å². The summed E-state index contributed by atoms with van der Waals surface area (Å²) in [6, 6.07) is 15.4. The first-order chi connectivity index (χ1) is 18.1. The lowest BCUT2D eigenvalue weighted by Crippen LogP contribution is -2.55. The van der Waals surface area contributed by atoms with Crippen LogP contribution in [0.3, 0.4) is 0 Å². The van der Waals surface area contributed by atoms with Crippen molar-refractivity contribution in [2.45, 2.75) is 37.0 Å². The van der Waals surface area contributed by atoms with Crippen molar-refractivity contribution < 1.29 is 36.6 Å². The minimum absolute atomic E-state index is 0.0553. The maximum absolute atomic E-state index is 13.7. The molecule has 0 spiro atoms. The minimum atomic E-state index is -4.74. The van der Waals surface area contributed by atoms with E-state index in [4.69, 9.17) is 16.3 Å². The lowest BCUT2D eigenvalue weighted by Gasteiger charge is -2.36. The third-order valence-electron chi connectivity index (χ3n) is 5.88. The molecule has 0 saturated carbocycles. The summed E-state index contributed by atoms with van der Waals surface area (Å²) < 4.78 is 62.3. The number of urea groups is 1. The molecule has 12 heteroatoms. The van der Waals surface area contributed by atoms with E-state index in [-0.39, 0.29) is 30.7 Å². The Hall–Kier alpha value is -3.86. The fraction of sp³-hybridized carbons (Fsp3) is 0.269. The average Bonchev–Trinajstić information content (AvgIpc) is 3.28. The third kappa shape index (κ3) is 6.16. The van der Waals surface area contributed by atoms with Crippen LogP contribution in [0.4, 0.5) is 22.4 Å². The Morgan fingerprint density at radius 2 is 1.89 bits per heavy atom. The highest BCUT2D eigenvalue weighted by Crippen LogP contribution is 2.36. The summed E-state index contributed by atoms with van der Waals surface area (Å²) in [4.78, 5) is 29.5. The summed E-state index contributed by atoms with van der Waals surface area (Å²) in [6.45, 7) is 0.148. The second-order valence-corrected chi connectivity index (χ2v) is 8.97. The van der Waals surface area contributed by atoms with Crippen molar-refractivity contribution in [3.05, 3.63) is 94.8 Å². The lowest BCUT2D eigenvalue weighted by molar-refractivity contribution is -0.253. The van der Waals surface area contributed by atoms with Gasteiger partial charge in [0.2, 0.25) is 0 Å². The number of aromatic nitrogens is 1. The number of pyridine rings is 1. The second-order valence-electron chi connectivity index (χ2n) is 8.53. The molecule has 1 aliphatic rings. The molecule has 1 saturated heterocycles. The van der Waals surface area contributed by atoms with Crippen molar-refractivity contribution in [2.24, 2.45) is 0 Å². The van der Waals surface area contributed by atoms with E-state index in [9.17, 15) is 27.2 Å². The molecule has 2 aromatic carbocycles. The van der Waals surface area contributed by atoms with Gasteiger partial charge in [0.1, 0.15) is 17.3 Å². The van der Waals surface area contributed by atoms with E-state index in [1.165, 1.54) is 30.5 Å². The molecule has 1 aromatic heterocycles. The number of hydrogen-bond acceptors (Lipinski definition) is 5. The number of benzene rings is 2. The average molecular weight is 552 g/mol. The Kier molecular flexibility index (Phi) is 8.05. The normalized spacial score (nSPS) is 17.0. The van der Waals surface area contributed by atoms with E-state index in [1.807, 2.05) is 0 Å². The Balaban J connectivity index is 1.82. The molecule has 2 atom stereocenters. The van der Waals surface area contributed by atoms with Crippen molar-refractivity contribution in [1.29, 1.82) is 0 Å². The molecule has 200 valence electrons. The summed E-state index contributed by atoms with van der Waals surface area (Å²) >= 11 is 6.04. The van der Waals surface area contributed by atoms with Gasteiger partial charge in [-0.05, 0) is 35.4 Å². The van der Waals surface area contributed by atoms with Gasteiger partial charge < -0.3 is 20.1 Å². The molecule has 2 N–H and O–H groups in total. The van der Waals surface area contributed by atoms with Gasteiger partial charge in [-0.25, -0.2) is 9.59 Å². The Bertz CT molecular complexity index is 1280. The zero-order valence-electron chi connectivity index (χ0n) is 19.7. The molecule has 0 radical (unpaired) electrons. The SMILES string of the molecule is O=C(NC1CCOC1=O)NC(Cc1ccccc1)(c1cccc(OC(F)(F)C(F)F)c1)c1ccc(Cl)cn1. The van der Waals surface area contributed by atoms with Crippen LogP contribution in [-0.4, -0.2) is 42.2 Å². The van der Waals surface area contributed by atoms with Gasteiger partial charge in [-0.15, -0.1) is 0 Å². The quantitative estimate of drug-likeness (QED) is 0.286. The first-order valence-electron chi connectivity index (χ1n) is 11.5. The minimum Gasteiger partial charge on any atom is -0.464 e. The summed E-state index contributed by atoms with van der Waals surface area (Å²) in [5.74, 6) is -1.15. The molecule has 0 bridgehead atoms. The molecule has 2 amide bonds. The van der Waals surface area contributed by atoms with Crippen molar-refractivity contribution in [2.75, 3.05) is 6.61 Å². The molecule has 4 rings (SSSR count). The van der Waals surface area contributed by atoms with Crippen LogP contribution in [0, 0.1) is 0 Å². The van der Waals surface area contributed by atoms with Crippen LogP contribution in [0.15, 0.2) is 72.9 Å². The van der Waals surface area contributed by atoms with E-state index >= 15 is 0 Å². The highest BCUT2D eigenvalue weighted by atomic mass is 35.5. The first-order valence-corrected chi connectivity index (χ1v) is 11.8. The van der Waals surface area contributed by atoms with Crippen LogP contribution in [0.2, 0.25) is 5.02 Å². The second kappa shape index (κ2) is 11.3. The topological polar surface area (TPSA) is 89.5 Å². The number of carbonyl (C=O) groups is 2. The van der Waals surface area contributed by atoms with Gasteiger partial charge >= 0.3 is 24.5 Å². The van der Waals surface area contributed by atoms with Crippen LogP contribution in [0.1, 0.15) is 23.2 Å². The van der Waals surface area contributed by atoms with Crippen LogP contribution in [-0.2, 0) is 21.5 Å². The summed E-state index contributed by atoms with van der Waals surface area (Å²) in [7, 11) is 0. The van der Waals surface area contributed by atoms with E-state index in [1.54, 1.807) is 30.3 Å². The molecule has 1 fully saturated rings. The highest BCUT2D eigenvalue weighted by Gasteiger charge is 2.45. The van der Waals surface area contributed by atoms with Crippen molar-refractivity contribution in [3.8, 4) is 5.75 Å². The maximum Gasteiger partial charge on any atom is 0.461 e. The number of esters is 1. The number of ether oxygens (including phenoxy) is 2. The molecule has 38 heavy (non-hydrogen) atoms. The number of cyclic esters (lactones) is 1. The summed E-state index contributed by atoms with van der Waals surface area (Å²) in [6.07, 6.45) is -7.14. The largest absolute Gasteiger partial charge is 0.464 e. The number of alkyl halides is 4. The van der Waals surface area contributed by atoms with Crippen LogP contribution >= 0.6 is 11.6 Å². The molecule has 2 heterocycles. The molecular weight excluding hydrogens is 530 g/mol. The Labute approximate surface area is 220 Å². The van der Waals surface area contributed by atoms with Crippen LogP contribution in [0.5, 0.6) is 5.75 Å². The number of nitrogens with one attached hydrogen (secondary N) is 2. The zero-order valence-corrected chi connectivity index (χ0v) is 20.4. The van der Waals surface area contributed by atoms with Crippen molar-refractivity contribution in [3.63, 3.8) is 0 Å². The monoisotopic (exact) mass is 551 g/mol. The number of carbonyl (C=O) groups excluding carboxylic acids is 2. The smallest absolute Gasteiger partial charge is 0.461 e. The van der Waals surface area contributed by atoms with E-state index in [0.29, 0.717) is 10.6 Å². The predicted molar refractivity (Wildman–Crippen MR) is 129 cm³/mol. The fourth-order valence-electron chi connectivity index (χ4n) is 4.09. The van der Waals surface area contributed by atoms with E-state index in [2.05, 4.69) is 20.4 Å². The molecular formula is C26H22ClF4N3O4. The first kappa shape index (κ1) is 27.2. The van der Waals surface area contributed by atoms with Crippen LogP contribution < -0.4 is 15.4 Å². The molecule has 1 aliphatic heterocycles. The van der Waals surface area contributed by atoms with Gasteiger partial charge in [-0.3, -0.25) is 4.98 Å².